The second-order valence-corrected chi connectivity index (χ2v) is 7.53. The first-order valence-corrected chi connectivity index (χ1v) is 8.89. The van der Waals surface area contributed by atoms with Crippen LogP contribution in [0, 0.1) is 6.92 Å². The second-order valence-electron chi connectivity index (χ2n) is 7.53. The zero-order valence-electron chi connectivity index (χ0n) is 16.1. The summed E-state index contributed by atoms with van der Waals surface area (Å²) in [5.74, 6) is 0.313. The van der Waals surface area contributed by atoms with Gasteiger partial charge in [-0.2, -0.15) is 0 Å². The van der Waals surface area contributed by atoms with Gasteiger partial charge in [-0.25, -0.2) is 9.97 Å². The van der Waals surface area contributed by atoms with Gasteiger partial charge in [0.25, 0.3) is 5.91 Å². The van der Waals surface area contributed by atoms with Crippen molar-refractivity contribution in [3.8, 4) is 0 Å². The van der Waals surface area contributed by atoms with Crippen molar-refractivity contribution in [3.63, 3.8) is 0 Å². The van der Waals surface area contributed by atoms with E-state index in [1.807, 2.05) is 55.5 Å². The summed E-state index contributed by atoms with van der Waals surface area (Å²) in [6.07, 6.45) is 3.04. The minimum atomic E-state index is -0.277. The fourth-order valence-electron chi connectivity index (χ4n) is 2.81. The third-order valence-electron chi connectivity index (χ3n) is 4.16. The number of aryl methyl sites for hydroxylation is 1. The predicted molar refractivity (Wildman–Crippen MR) is 110 cm³/mol. The molecule has 0 radical (unpaired) electrons. The topological polar surface area (TPSA) is 66.9 Å². The molecule has 0 aliphatic rings. The molecule has 0 aliphatic carbocycles. The monoisotopic (exact) mass is 360 g/mol. The lowest BCUT2D eigenvalue weighted by atomic mass is 9.86. The van der Waals surface area contributed by atoms with E-state index in [1.165, 1.54) is 6.20 Å². The van der Waals surface area contributed by atoms with Crippen LogP contribution < -0.4 is 10.6 Å². The van der Waals surface area contributed by atoms with Crippen molar-refractivity contribution < 1.29 is 4.79 Å². The standard InChI is InChI=1S/C22H24N4O/c1-15-8-7-9-16(12-15)25-20-14-23-19(13-24-20)21(27)26-18-11-6-5-10-17(18)22(2,3)4/h5-14H,1-4H3,(H,24,25)(H,26,27). The molecule has 5 heteroatoms. The summed E-state index contributed by atoms with van der Waals surface area (Å²) < 4.78 is 0. The van der Waals surface area contributed by atoms with Gasteiger partial charge in [-0.15, -0.1) is 0 Å². The lowest BCUT2D eigenvalue weighted by Crippen LogP contribution is -2.19. The van der Waals surface area contributed by atoms with E-state index in [0.717, 1.165) is 22.5 Å². The number of hydrogen-bond acceptors (Lipinski definition) is 4. The van der Waals surface area contributed by atoms with E-state index in [-0.39, 0.29) is 17.0 Å². The number of anilines is 3. The Balaban J connectivity index is 1.73. The van der Waals surface area contributed by atoms with Crippen LogP contribution in [0.15, 0.2) is 60.9 Å². The van der Waals surface area contributed by atoms with Crippen molar-refractivity contribution in [2.24, 2.45) is 0 Å². The molecule has 0 bridgehead atoms. The number of amides is 1. The Kier molecular flexibility index (Phi) is 5.21. The summed E-state index contributed by atoms with van der Waals surface area (Å²) in [7, 11) is 0. The molecule has 27 heavy (non-hydrogen) atoms. The van der Waals surface area contributed by atoms with Crippen LogP contribution in [-0.4, -0.2) is 15.9 Å². The van der Waals surface area contributed by atoms with Gasteiger partial charge in [-0.3, -0.25) is 4.79 Å². The van der Waals surface area contributed by atoms with Crippen molar-refractivity contribution >= 4 is 23.1 Å². The van der Waals surface area contributed by atoms with Crippen LogP contribution in [0.5, 0.6) is 0 Å². The fraction of sp³-hybridized carbons (Fsp3) is 0.227. The SMILES string of the molecule is Cc1cccc(Nc2cnc(C(=O)Nc3ccccc3C(C)(C)C)cn2)c1. The molecule has 3 rings (SSSR count). The number of carbonyl (C=O) groups is 1. The van der Waals surface area contributed by atoms with Crippen LogP contribution in [0.4, 0.5) is 17.2 Å². The number of benzene rings is 2. The summed E-state index contributed by atoms with van der Waals surface area (Å²) in [5, 5.41) is 6.13. The molecule has 1 heterocycles. The molecule has 0 spiro atoms. The Morgan fingerprint density at radius 1 is 0.963 bits per heavy atom. The molecule has 138 valence electrons. The van der Waals surface area contributed by atoms with Gasteiger partial charge in [0.15, 0.2) is 0 Å². The number of aromatic nitrogens is 2. The minimum Gasteiger partial charge on any atom is -0.339 e. The van der Waals surface area contributed by atoms with Gasteiger partial charge in [0.2, 0.25) is 0 Å². The smallest absolute Gasteiger partial charge is 0.275 e. The summed E-state index contributed by atoms with van der Waals surface area (Å²) in [6, 6.07) is 15.8. The molecule has 1 amide bonds. The van der Waals surface area contributed by atoms with Gasteiger partial charge in [0, 0.05) is 11.4 Å². The Morgan fingerprint density at radius 3 is 2.41 bits per heavy atom. The molecule has 0 aliphatic heterocycles. The second kappa shape index (κ2) is 7.58. The van der Waals surface area contributed by atoms with Crippen molar-refractivity contribution in [2.45, 2.75) is 33.1 Å². The molecule has 0 unspecified atom stereocenters. The Hall–Kier alpha value is -3.21. The highest BCUT2D eigenvalue weighted by atomic mass is 16.1. The normalized spacial score (nSPS) is 11.1. The molecule has 5 nitrogen and oxygen atoms in total. The van der Waals surface area contributed by atoms with Crippen LogP contribution in [0.1, 0.15) is 42.4 Å². The molecular weight excluding hydrogens is 336 g/mol. The van der Waals surface area contributed by atoms with Crippen LogP contribution in [0.2, 0.25) is 0 Å². The van der Waals surface area contributed by atoms with Crippen molar-refractivity contribution in [1.82, 2.24) is 9.97 Å². The predicted octanol–water partition coefficient (Wildman–Crippen LogP) is 5.08. The molecule has 0 saturated carbocycles. The lowest BCUT2D eigenvalue weighted by Gasteiger charge is -2.22. The number of para-hydroxylation sites is 1. The first-order valence-electron chi connectivity index (χ1n) is 8.89. The molecule has 0 fully saturated rings. The molecule has 0 atom stereocenters. The third kappa shape index (κ3) is 4.70. The van der Waals surface area contributed by atoms with Crippen LogP contribution in [0.3, 0.4) is 0 Å². The number of nitrogens with zero attached hydrogens (tertiary/aromatic N) is 2. The lowest BCUT2D eigenvalue weighted by molar-refractivity contribution is 0.102. The van der Waals surface area contributed by atoms with Crippen LogP contribution in [0.25, 0.3) is 0 Å². The van der Waals surface area contributed by atoms with Gasteiger partial charge in [-0.1, -0.05) is 51.1 Å². The molecule has 2 N–H and O–H groups in total. The van der Waals surface area contributed by atoms with Crippen molar-refractivity contribution in [3.05, 3.63) is 77.7 Å². The van der Waals surface area contributed by atoms with Gasteiger partial charge in [0.05, 0.1) is 12.4 Å². The summed E-state index contributed by atoms with van der Waals surface area (Å²) in [5.41, 5.74) is 4.15. The molecule has 1 aromatic heterocycles. The van der Waals surface area contributed by atoms with E-state index in [9.17, 15) is 4.79 Å². The zero-order valence-corrected chi connectivity index (χ0v) is 16.1. The number of hydrogen-bond donors (Lipinski definition) is 2. The van der Waals surface area contributed by atoms with E-state index in [4.69, 9.17) is 0 Å². The largest absolute Gasteiger partial charge is 0.339 e. The van der Waals surface area contributed by atoms with Gasteiger partial charge >= 0.3 is 0 Å². The first-order chi connectivity index (χ1) is 12.8. The maximum absolute atomic E-state index is 12.6. The van der Waals surface area contributed by atoms with Crippen LogP contribution in [-0.2, 0) is 5.41 Å². The van der Waals surface area contributed by atoms with E-state index in [1.54, 1.807) is 6.20 Å². The highest BCUT2D eigenvalue weighted by molar-refractivity contribution is 6.03. The Labute approximate surface area is 159 Å². The average molecular weight is 360 g/mol. The number of rotatable bonds is 4. The van der Waals surface area contributed by atoms with E-state index >= 15 is 0 Å². The fourth-order valence-corrected chi connectivity index (χ4v) is 2.81. The highest BCUT2D eigenvalue weighted by Gasteiger charge is 2.19. The van der Waals surface area contributed by atoms with Crippen molar-refractivity contribution in [1.29, 1.82) is 0 Å². The molecule has 0 saturated heterocycles. The summed E-state index contributed by atoms with van der Waals surface area (Å²) in [4.78, 5) is 21.1. The summed E-state index contributed by atoms with van der Waals surface area (Å²) >= 11 is 0. The Bertz CT molecular complexity index is 943. The van der Waals surface area contributed by atoms with E-state index < -0.39 is 0 Å². The van der Waals surface area contributed by atoms with Crippen LogP contribution >= 0.6 is 0 Å². The first kappa shape index (κ1) is 18.6. The molecular formula is C22H24N4O. The maximum Gasteiger partial charge on any atom is 0.275 e. The molecule has 3 aromatic rings. The third-order valence-corrected chi connectivity index (χ3v) is 4.16. The molecule has 2 aromatic carbocycles. The number of carbonyl (C=O) groups excluding carboxylic acids is 1. The van der Waals surface area contributed by atoms with E-state index in [2.05, 4.69) is 41.4 Å². The maximum atomic E-state index is 12.6. The number of nitrogens with one attached hydrogen (secondary N) is 2. The van der Waals surface area contributed by atoms with E-state index in [0.29, 0.717) is 5.82 Å². The highest BCUT2D eigenvalue weighted by Crippen LogP contribution is 2.29. The van der Waals surface area contributed by atoms with Crippen molar-refractivity contribution in [2.75, 3.05) is 10.6 Å². The van der Waals surface area contributed by atoms with Gasteiger partial charge in [-0.05, 0) is 41.7 Å². The quantitative estimate of drug-likeness (QED) is 0.681. The average Bonchev–Trinajstić information content (AvgIpc) is 2.62. The minimum absolute atomic E-state index is 0.0723. The van der Waals surface area contributed by atoms with Gasteiger partial charge in [0.1, 0.15) is 11.5 Å². The zero-order chi connectivity index (χ0) is 19.4. The summed E-state index contributed by atoms with van der Waals surface area (Å²) in [6.45, 7) is 8.37. The van der Waals surface area contributed by atoms with Gasteiger partial charge < -0.3 is 10.6 Å². The Morgan fingerprint density at radius 2 is 1.74 bits per heavy atom.